The van der Waals surface area contributed by atoms with Crippen molar-refractivity contribution >= 4 is 18.2 Å². The molecule has 0 amide bonds. The zero-order chi connectivity index (χ0) is 20.0. The van der Waals surface area contributed by atoms with Crippen LogP contribution >= 0.6 is 0 Å². The minimum atomic E-state index is -3.00. The Kier molecular flexibility index (Phi) is 5.43. The van der Waals surface area contributed by atoms with Crippen molar-refractivity contribution < 1.29 is 34.4 Å². The highest BCUT2D eigenvalue weighted by Crippen LogP contribution is 2.16. The first-order valence-electron chi connectivity index (χ1n) is 8.55. The van der Waals surface area contributed by atoms with Crippen molar-refractivity contribution in [2.45, 2.75) is 26.8 Å². The molecule has 0 spiro atoms. The fourth-order valence-corrected chi connectivity index (χ4v) is 1.37. The van der Waals surface area contributed by atoms with E-state index in [9.17, 15) is 14.4 Å². The quantitative estimate of drug-likeness (QED) is 0.300. The van der Waals surface area contributed by atoms with Crippen LogP contribution in [0, 0.1) is 11.8 Å². The number of aldehydes is 1. The van der Waals surface area contributed by atoms with Gasteiger partial charge in [0.05, 0.1) is 15.7 Å². The Morgan fingerprint density at radius 3 is 2.59 bits per heavy atom. The highest BCUT2D eigenvalue weighted by atomic mass is 17.2. The molecule has 1 aromatic rings. The standard InChI is InChI=1S/C16H20O6/c1-12(9-17)15(11-20-13(2)18)8-16(19)22-21-10-14-6-4-3-5-7-14/h3-7,9,12,15H,8,10-11H2,1-2H3/i8D2,11D2. The van der Waals surface area contributed by atoms with Crippen molar-refractivity contribution in [1.82, 2.24) is 0 Å². The summed E-state index contributed by atoms with van der Waals surface area (Å²) in [5, 5.41) is 0. The molecule has 0 radical (unpaired) electrons. The Bertz CT molecular complexity index is 635. The van der Waals surface area contributed by atoms with Crippen LogP contribution in [0.25, 0.3) is 0 Å². The first kappa shape index (κ1) is 12.3. The molecular formula is C16H20O6. The van der Waals surface area contributed by atoms with Crippen LogP contribution in [0.4, 0.5) is 0 Å². The smallest absolute Gasteiger partial charge is 0.342 e. The van der Waals surface area contributed by atoms with Crippen LogP contribution in [0.1, 0.15) is 31.3 Å². The average Bonchev–Trinajstić information content (AvgIpc) is 2.53. The van der Waals surface area contributed by atoms with Crippen molar-refractivity contribution in [1.29, 1.82) is 0 Å². The Labute approximate surface area is 134 Å². The number of benzene rings is 1. The second kappa shape index (κ2) is 9.68. The number of rotatable bonds is 9. The Morgan fingerprint density at radius 1 is 1.32 bits per heavy atom. The number of esters is 1. The maximum Gasteiger partial charge on any atom is 0.342 e. The van der Waals surface area contributed by atoms with E-state index < -0.39 is 36.7 Å². The average molecular weight is 312 g/mol. The second-order valence-electron chi connectivity index (χ2n) is 4.45. The highest BCUT2D eigenvalue weighted by molar-refractivity contribution is 5.70. The first-order valence-corrected chi connectivity index (χ1v) is 6.55. The molecule has 0 N–H and O–H groups in total. The van der Waals surface area contributed by atoms with E-state index in [-0.39, 0.29) is 12.9 Å². The zero-order valence-electron chi connectivity index (χ0n) is 16.3. The molecule has 6 nitrogen and oxygen atoms in total. The van der Waals surface area contributed by atoms with Gasteiger partial charge in [0.25, 0.3) is 0 Å². The van der Waals surface area contributed by atoms with E-state index in [1.807, 2.05) is 0 Å². The Hall–Kier alpha value is -2.21. The molecule has 0 bridgehead atoms. The highest BCUT2D eigenvalue weighted by Gasteiger charge is 2.23. The van der Waals surface area contributed by atoms with Gasteiger partial charge in [0.15, 0.2) is 0 Å². The lowest BCUT2D eigenvalue weighted by Crippen LogP contribution is -2.24. The third kappa shape index (κ3) is 6.99. The van der Waals surface area contributed by atoms with Gasteiger partial charge in [-0.15, -0.1) is 0 Å². The summed E-state index contributed by atoms with van der Waals surface area (Å²) in [4.78, 5) is 43.4. The van der Waals surface area contributed by atoms with E-state index in [1.54, 1.807) is 30.3 Å². The third-order valence-corrected chi connectivity index (χ3v) is 2.55. The van der Waals surface area contributed by atoms with Gasteiger partial charge < -0.3 is 9.53 Å². The summed E-state index contributed by atoms with van der Waals surface area (Å²) in [6.45, 7) is -0.937. The maximum atomic E-state index is 12.1. The Balaban J connectivity index is 2.90. The molecule has 0 aliphatic heterocycles. The summed E-state index contributed by atoms with van der Waals surface area (Å²) >= 11 is 0. The molecule has 120 valence electrons. The van der Waals surface area contributed by atoms with Crippen molar-refractivity contribution in [3.8, 4) is 0 Å². The summed E-state index contributed by atoms with van der Waals surface area (Å²) < 4.78 is 35.9. The minimum absolute atomic E-state index is 0.145. The molecule has 0 aliphatic carbocycles. The molecule has 0 aromatic heterocycles. The molecule has 0 saturated carbocycles. The van der Waals surface area contributed by atoms with Gasteiger partial charge in [0.2, 0.25) is 0 Å². The molecule has 1 aromatic carbocycles. The maximum absolute atomic E-state index is 12.1. The zero-order valence-corrected chi connectivity index (χ0v) is 12.3. The SMILES string of the molecule is [2H]C([2H])(OC(C)=O)C(C(C)C=O)C([2H])([2H])C(=O)OOCc1ccccc1. The van der Waals surface area contributed by atoms with Gasteiger partial charge in [-0.1, -0.05) is 37.3 Å². The van der Waals surface area contributed by atoms with Gasteiger partial charge >= 0.3 is 11.9 Å². The number of ether oxygens (including phenoxy) is 1. The summed E-state index contributed by atoms with van der Waals surface area (Å²) in [5.74, 6) is -5.80. The lowest BCUT2D eigenvalue weighted by atomic mass is 9.93. The number of carbonyl (C=O) groups excluding carboxylic acids is 3. The van der Waals surface area contributed by atoms with E-state index in [4.69, 9.17) is 10.4 Å². The fraction of sp³-hybridized carbons (Fsp3) is 0.438. The number of hydrogen-bond acceptors (Lipinski definition) is 6. The van der Waals surface area contributed by atoms with Crippen LogP contribution in [-0.2, 0) is 35.5 Å². The van der Waals surface area contributed by atoms with Crippen LogP contribution < -0.4 is 0 Å². The van der Waals surface area contributed by atoms with Crippen LogP contribution in [0.5, 0.6) is 0 Å². The fourth-order valence-electron chi connectivity index (χ4n) is 1.37. The second-order valence-corrected chi connectivity index (χ2v) is 4.45. The van der Waals surface area contributed by atoms with Crippen molar-refractivity contribution in [3.63, 3.8) is 0 Å². The third-order valence-electron chi connectivity index (χ3n) is 2.55. The summed E-state index contributed by atoms with van der Waals surface area (Å²) in [7, 11) is 0. The minimum Gasteiger partial charge on any atom is -0.466 e. The molecule has 0 saturated heterocycles. The topological polar surface area (TPSA) is 78.9 Å². The molecule has 0 fully saturated rings. The molecule has 0 heterocycles. The van der Waals surface area contributed by atoms with Crippen molar-refractivity contribution in [2.24, 2.45) is 11.8 Å². The van der Waals surface area contributed by atoms with Crippen LogP contribution in [0.3, 0.4) is 0 Å². The molecule has 6 heteroatoms. The van der Waals surface area contributed by atoms with Gasteiger partial charge in [0, 0.05) is 21.5 Å². The Morgan fingerprint density at radius 2 is 2.00 bits per heavy atom. The van der Waals surface area contributed by atoms with Gasteiger partial charge in [0.1, 0.15) is 12.9 Å². The molecular weight excluding hydrogens is 288 g/mol. The first-order chi connectivity index (χ1) is 12.0. The number of carbonyl (C=O) groups is 3. The van der Waals surface area contributed by atoms with Crippen LogP contribution in [0.15, 0.2) is 30.3 Å². The van der Waals surface area contributed by atoms with Crippen LogP contribution in [-0.4, -0.2) is 24.8 Å². The molecule has 1 rings (SSSR count). The van der Waals surface area contributed by atoms with Gasteiger partial charge in [-0.05, 0) is 5.56 Å². The van der Waals surface area contributed by atoms with E-state index in [1.165, 1.54) is 6.92 Å². The van der Waals surface area contributed by atoms with E-state index in [0.717, 1.165) is 6.92 Å². The van der Waals surface area contributed by atoms with E-state index >= 15 is 0 Å². The lowest BCUT2D eigenvalue weighted by molar-refractivity contribution is -0.281. The molecule has 2 atom stereocenters. The van der Waals surface area contributed by atoms with Crippen LogP contribution in [0.2, 0.25) is 0 Å². The molecule has 0 aliphatic rings. The van der Waals surface area contributed by atoms with Crippen molar-refractivity contribution in [2.75, 3.05) is 6.56 Å². The largest absolute Gasteiger partial charge is 0.466 e. The molecule has 2 unspecified atom stereocenters. The number of hydrogen-bond donors (Lipinski definition) is 0. The monoisotopic (exact) mass is 312 g/mol. The predicted octanol–water partition coefficient (Wildman–Crippen LogP) is 2.07. The van der Waals surface area contributed by atoms with Crippen molar-refractivity contribution in [3.05, 3.63) is 35.9 Å². The van der Waals surface area contributed by atoms with E-state index in [0.29, 0.717) is 5.56 Å². The summed E-state index contributed by atoms with van der Waals surface area (Å²) in [6, 6.07) is 8.62. The molecule has 22 heavy (non-hydrogen) atoms. The van der Waals surface area contributed by atoms with E-state index in [2.05, 4.69) is 9.62 Å². The predicted molar refractivity (Wildman–Crippen MR) is 77.3 cm³/mol. The lowest BCUT2D eigenvalue weighted by Gasteiger charge is -2.18. The summed E-state index contributed by atoms with van der Waals surface area (Å²) in [6.07, 6.45) is -2.74. The van der Waals surface area contributed by atoms with Gasteiger partial charge in [-0.25, -0.2) is 4.79 Å². The van der Waals surface area contributed by atoms with Gasteiger partial charge in [-0.2, -0.15) is 4.89 Å². The normalized spacial score (nSPS) is 17.0. The summed E-state index contributed by atoms with van der Waals surface area (Å²) in [5.41, 5.74) is 0.661. The van der Waals surface area contributed by atoms with Gasteiger partial charge in [-0.3, -0.25) is 9.68 Å².